The van der Waals surface area contributed by atoms with Crippen molar-refractivity contribution in [2.75, 3.05) is 14.1 Å². The van der Waals surface area contributed by atoms with Crippen LogP contribution in [0.4, 0.5) is 0 Å². The lowest BCUT2D eigenvalue weighted by atomic mass is 9.57. The molecule has 0 amide bonds. The fraction of sp³-hybridized carbons (Fsp3) is 0.356. The third-order valence-electron chi connectivity index (χ3n) is 12.5. The highest BCUT2D eigenvalue weighted by Gasteiger charge is 2.68. The summed E-state index contributed by atoms with van der Waals surface area (Å²) in [5.74, 6) is -1.64. The maximum absolute atomic E-state index is 15.7. The van der Waals surface area contributed by atoms with Crippen molar-refractivity contribution in [1.29, 1.82) is 0 Å². The van der Waals surface area contributed by atoms with E-state index in [-0.39, 0.29) is 40.3 Å². The van der Waals surface area contributed by atoms with Crippen LogP contribution in [0.2, 0.25) is 23.2 Å². The molecule has 55 heavy (non-hydrogen) atoms. The number of fused-ring (bicyclic) bond motifs is 5. The van der Waals surface area contributed by atoms with E-state index < -0.39 is 37.4 Å². The predicted molar refractivity (Wildman–Crippen MR) is 218 cm³/mol. The van der Waals surface area contributed by atoms with Gasteiger partial charge in [0.15, 0.2) is 19.7 Å². The van der Waals surface area contributed by atoms with Crippen molar-refractivity contribution in [3.63, 3.8) is 0 Å². The number of carbonyl (C=O) groups excluding carboxylic acids is 2. The number of ether oxygens (including phenoxy) is 1. The summed E-state index contributed by atoms with van der Waals surface area (Å²) in [6.45, 7) is 12.6. The van der Waals surface area contributed by atoms with Crippen molar-refractivity contribution in [2.45, 2.75) is 76.9 Å². The van der Waals surface area contributed by atoms with Crippen molar-refractivity contribution in [3.8, 4) is 17.0 Å². The number of Topliss-reactive ketones (excluding diaryl/α,β-unsaturated/α-hetero) is 2. The number of benzene rings is 4. The zero-order chi connectivity index (χ0) is 39.2. The topological polar surface area (TPSA) is 102 Å². The van der Waals surface area contributed by atoms with Gasteiger partial charge < -0.3 is 18.8 Å². The predicted octanol–water partition coefficient (Wildman–Crippen LogP) is 10.3. The number of carbonyl (C=O) groups is 2. The first-order valence-corrected chi connectivity index (χ1v) is 22.2. The molecule has 284 valence electrons. The summed E-state index contributed by atoms with van der Waals surface area (Å²) < 4.78 is 19.5. The average Bonchev–Trinajstić information content (AvgIpc) is 3.55. The van der Waals surface area contributed by atoms with Gasteiger partial charge in [0, 0.05) is 22.1 Å². The van der Waals surface area contributed by atoms with Crippen molar-refractivity contribution in [2.24, 2.45) is 11.8 Å². The van der Waals surface area contributed by atoms with Crippen LogP contribution in [0.5, 0.6) is 5.88 Å². The number of aryl methyl sites for hydroxylation is 1. The van der Waals surface area contributed by atoms with Crippen molar-refractivity contribution in [1.82, 2.24) is 10.1 Å². The molecule has 0 bridgehead atoms. The third kappa shape index (κ3) is 5.90. The van der Waals surface area contributed by atoms with Gasteiger partial charge in [0.1, 0.15) is 17.9 Å². The van der Waals surface area contributed by atoms with E-state index in [9.17, 15) is 5.11 Å². The normalized spacial score (nSPS) is 22.4. The molecule has 8 rings (SSSR count). The summed E-state index contributed by atoms with van der Waals surface area (Å²) >= 11 is 6.35. The molecule has 1 N–H and O–H groups in total. The van der Waals surface area contributed by atoms with Gasteiger partial charge in [0.2, 0.25) is 11.6 Å². The van der Waals surface area contributed by atoms with Gasteiger partial charge in [-0.3, -0.25) is 14.5 Å². The Kier molecular flexibility index (Phi) is 9.04. The monoisotopic (exact) mass is 774 g/mol. The molecule has 1 heterocycles. The Hall–Kier alpha value is -4.54. The van der Waals surface area contributed by atoms with Crippen LogP contribution in [-0.4, -0.2) is 54.7 Å². The van der Waals surface area contributed by atoms with E-state index in [1.165, 1.54) is 0 Å². The number of nitrogens with zero attached hydrogens (tertiary/aromatic N) is 2. The second-order valence-corrected chi connectivity index (χ2v) is 22.3. The molecular weight excluding hydrogens is 728 g/mol. The molecule has 5 aromatic rings. The second-order valence-electron chi connectivity index (χ2n) is 17.2. The molecule has 4 aromatic carbocycles. The fourth-order valence-corrected chi connectivity index (χ4v) is 10.5. The molecule has 3 aliphatic rings. The summed E-state index contributed by atoms with van der Waals surface area (Å²) in [5.41, 5.74) is 3.80. The number of rotatable bonds is 7. The lowest BCUT2D eigenvalue weighted by Gasteiger charge is -2.55. The minimum Gasteiger partial charge on any atom is -0.507 e. The first kappa shape index (κ1) is 37.4. The number of aliphatic hydroxyl groups excluding tert-OH is 1. The summed E-state index contributed by atoms with van der Waals surface area (Å²) in [4.78, 5) is 33.2. The van der Waals surface area contributed by atoms with E-state index in [0.717, 1.165) is 38.6 Å². The smallest absolute Gasteiger partial charge is 0.265 e. The number of aromatic nitrogens is 1. The van der Waals surface area contributed by atoms with Gasteiger partial charge >= 0.3 is 0 Å². The zero-order valence-electron chi connectivity index (χ0n) is 32.6. The zero-order valence-corrected chi connectivity index (χ0v) is 34.4. The minimum absolute atomic E-state index is 0.0345. The number of ketones is 2. The molecule has 3 aliphatic carbocycles. The molecule has 8 nitrogen and oxygen atoms in total. The van der Waals surface area contributed by atoms with Crippen LogP contribution in [0.3, 0.4) is 0 Å². The Balaban J connectivity index is 1.31. The van der Waals surface area contributed by atoms with Crippen molar-refractivity contribution < 1.29 is 28.4 Å². The van der Waals surface area contributed by atoms with E-state index in [1.807, 2.05) is 80.5 Å². The standard InChI is InChI=1S/C45H47ClN2O6Si/c1-25-33-22-28(27-15-12-16-32(46)21-27)17-18-29(33)19-30-20-31-23-34-38(48(5)6)40-37(43(47-53-40)52-24-26-13-10-9-11-14-26)42(51)45(34,54-55(7,8)44(2,3)4)41(50)36(31)39(49)35(25)30/h9-19,21-22,31,34,38,49H,20,23-24H2,1-8H3/t31-,34-,38-,45-/m0/s1. The highest BCUT2D eigenvalue weighted by Crippen LogP contribution is 2.59. The van der Waals surface area contributed by atoms with Gasteiger partial charge in [0.05, 0.1) is 6.04 Å². The molecule has 0 spiro atoms. The molecule has 0 radical (unpaired) electrons. The molecule has 4 atom stereocenters. The summed E-state index contributed by atoms with van der Waals surface area (Å²) in [6.07, 6.45) is 0.946. The Morgan fingerprint density at radius 1 is 0.964 bits per heavy atom. The molecule has 1 fully saturated rings. The maximum Gasteiger partial charge on any atom is 0.265 e. The Morgan fingerprint density at radius 2 is 1.69 bits per heavy atom. The van der Waals surface area contributed by atoms with Gasteiger partial charge in [-0.05, 0) is 120 Å². The quantitative estimate of drug-likeness (QED) is 0.129. The summed E-state index contributed by atoms with van der Waals surface area (Å²) in [6, 6.07) is 25.2. The molecular formula is C45H47ClN2O6Si. The van der Waals surface area contributed by atoms with Gasteiger partial charge in [-0.1, -0.05) is 93.0 Å². The Morgan fingerprint density at radius 3 is 2.38 bits per heavy atom. The molecule has 0 unspecified atom stereocenters. The van der Waals surface area contributed by atoms with Crippen molar-refractivity contribution in [3.05, 3.63) is 123 Å². The highest BCUT2D eigenvalue weighted by atomic mass is 35.5. The van der Waals surface area contributed by atoms with Gasteiger partial charge in [0.25, 0.3) is 5.88 Å². The van der Waals surface area contributed by atoms with Crippen LogP contribution in [0.1, 0.15) is 71.6 Å². The number of hydrogen-bond acceptors (Lipinski definition) is 8. The lowest BCUT2D eigenvalue weighted by Crippen LogP contribution is -2.68. The van der Waals surface area contributed by atoms with Crippen LogP contribution in [0, 0.1) is 18.8 Å². The highest BCUT2D eigenvalue weighted by molar-refractivity contribution is 6.74. The SMILES string of the molecule is Cc1c2c(cc3ccc(-c4cccc(Cl)c4)cc13)C[C@H]1C[C@H]3[C@H](N(C)C)c4onc(OCc5ccccc5)c4C(=O)[C@@]3(O[Si](C)(C)C(C)(C)C)C(=O)C1=C2O. The number of aliphatic hydroxyl groups is 1. The average molecular weight is 775 g/mol. The van der Waals surface area contributed by atoms with Crippen LogP contribution in [0.25, 0.3) is 27.7 Å². The molecule has 0 saturated heterocycles. The van der Waals surface area contributed by atoms with E-state index in [1.54, 1.807) is 0 Å². The number of halogens is 1. The van der Waals surface area contributed by atoms with Crippen molar-refractivity contribution >= 4 is 48.0 Å². The molecule has 10 heteroatoms. The van der Waals surface area contributed by atoms with Crippen LogP contribution < -0.4 is 4.74 Å². The molecule has 0 aliphatic heterocycles. The van der Waals surface area contributed by atoms with Gasteiger partial charge in [-0.15, -0.1) is 0 Å². The maximum atomic E-state index is 15.7. The summed E-state index contributed by atoms with van der Waals surface area (Å²) in [5, 5.41) is 19.1. The van der Waals surface area contributed by atoms with E-state index in [0.29, 0.717) is 29.2 Å². The van der Waals surface area contributed by atoms with Crippen LogP contribution >= 0.6 is 11.6 Å². The fourth-order valence-electron chi connectivity index (χ4n) is 8.84. The Bertz CT molecular complexity index is 2410. The van der Waals surface area contributed by atoms with E-state index in [2.05, 4.69) is 63.3 Å². The van der Waals surface area contributed by atoms with Gasteiger partial charge in [-0.25, -0.2) is 0 Å². The van der Waals surface area contributed by atoms with E-state index in [4.69, 9.17) is 25.3 Å². The number of hydrogen-bond donors (Lipinski definition) is 1. The van der Waals surface area contributed by atoms with Gasteiger partial charge in [-0.2, -0.15) is 0 Å². The molecule has 1 aromatic heterocycles. The largest absolute Gasteiger partial charge is 0.507 e. The van der Waals surface area contributed by atoms with Crippen LogP contribution in [-0.2, 0) is 22.2 Å². The lowest BCUT2D eigenvalue weighted by molar-refractivity contribution is -0.140. The second kappa shape index (κ2) is 13.3. The summed E-state index contributed by atoms with van der Waals surface area (Å²) in [7, 11) is 0.990. The minimum atomic E-state index is -2.85. The van der Waals surface area contributed by atoms with E-state index >= 15 is 9.59 Å². The molecule has 1 saturated carbocycles. The first-order valence-electron chi connectivity index (χ1n) is 18.9. The first-order chi connectivity index (χ1) is 26.0. The third-order valence-corrected chi connectivity index (χ3v) is 17.2. The van der Waals surface area contributed by atoms with Crippen LogP contribution in [0.15, 0.2) is 89.0 Å². The Labute approximate surface area is 328 Å².